The summed E-state index contributed by atoms with van der Waals surface area (Å²) in [5.41, 5.74) is 2.37. The van der Waals surface area contributed by atoms with Crippen molar-refractivity contribution < 1.29 is 5.11 Å². The van der Waals surface area contributed by atoms with Crippen molar-refractivity contribution in [3.05, 3.63) is 70.2 Å². The molecular weight excluding hydrogens is 276 g/mol. The van der Waals surface area contributed by atoms with Crippen LogP contribution in [0.3, 0.4) is 0 Å². The van der Waals surface area contributed by atoms with Crippen molar-refractivity contribution in [1.82, 2.24) is 0 Å². The number of benzene rings is 2. The molecule has 86 valence electrons. The average Bonchev–Trinajstić information content (AvgIpc) is 2.32. The molecule has 2 heteroatoms. The lowest BCUT2D eigenvalue weighted by atomic mass is 10.1. The van der Waals surface area contributed by atoms with E-state index in [2.05, 4.69) is 40.2 Å². The van der Waals surface area contributed by atoms with Crippen LogP contribution in [-0.4, -0.2) is 5.11 Å². The molecule has 0 saturated heterocycles. The SMILES string of the molecule is Oc1ccc(CC=Cc2cccc(Br)c2)cc1. The Balaban J connectivity index is 2.00. The molecule has 0 atom stereocenters. The summed E-state index contributed by atoms with van der Waals surface area (Å²) in [7, 11) is 0. The lowest BCUT2D eigenvalue weighted by molar-refractivity contribution is 0.475. The van der Waals surface area contributed by atoms with Crippen LogP contribution in [0.1, 0.15) is 11.1 Å². The molecule has 0 aromatic heterocycles. The van der Waals surface area contributed by atoms with Gasteiger partial charge in [-0.05, 0) is 41.8 Å². The topological polar surface area (TPSA) is 20.2 Å². The van der Waals surface area contributed by atoms with Gasteiger partial charge in [-0.25, -0.2) is 0 Å². The molecule has 1 nitrogen and oxygen atoms in total. The molecule has 2 aromatic carbocycles. The molecule has 0 fully saturated rings. The number of allylic oxidation sites excluding steroid dienone is 1. The van der Waals surface area contributed by atoms with Gasteiger partial charge in [-0.2, -0.15) is 0 Å². The van der Waals surface area contributed by atoms with Crippen LogP contribution >= 0.6 is 15.9 Å². The molecule has 0 unspecified atom stereocenters. The van der Waals surface area contributed by atoms with Gasteiger partial charge in [0.2, 0.25) is 0 Å². The predicted octanol–water partition coefficient (Wildman–Crippen LogP) is 4.41. The molecule has 0 heterocycles. The molecule has 0 amide bonds. The van der Waals surface area contributed by atoms with E-state index in [0.717, 1.165) is 10.9 Å². The fourth-order valence-corrected chi connectivity index (χ4v) is 1.99. The van der Waals surface area contributed by atoms with Crippen LogP contribution < -0.4 is 0 Å². The number of hydrogen-bond donors (Lipinski definition) is 1. The number of hydrogen-bond acceptors (Lipinski definition) is 1. The van der Waals surface area contributed by atoms with Crippen LogP contribution in [0.25, 0.3) is 6.08 Å². The smallest absolute Gasteiger partial charge is 0.115 e. The van der Waals surface area contributed by atoms with E-state index in [1.54, 1.807) is 12.1 Å². The normalized spacial score (nSPS) is 10.9. The highest BCUT2D eigenvalue weighted by Crippen LogP contribution is 2.14. The largest absolute Gasteiger partial charge is 0.508 e. The Labute approximate surface area is 110 Å². The Morgan fingerprint density at radius 1 is 1.06 bits per heavy atom. The van der Waals surface area contributed by atoms with Gasteiger partial charge >= 0.3 is 0 Å². The summed E-state index contributed by atoms with van der Waals surface area (Å²) in [5.74, 6) is 0.310. The van der Waals surface area contributed by atoms with Crippen molar-refractivity contribution in [2.45, 2.75) is 6.42 Å². The Morgan fingerprint density at radius 2 is 1.82 bits per heavy atom. The van der Waals surface area contributed by atoms with Crippen LogP contribution in [0.4, 0.5) is 0 Å². The molecule has 0 aliphatic carbocycles. The molecule has 0 spiro atoms. The van der Waals surface area contributed by atoms with Crippen molar-refractivity contribution in [3.63, 3.8) is 0 Å². The highest BCUT2D eigenvalue weighted by Gasteiger charge is 1.91. The Morgan fingerprint density at radius 3 is 2.53 bits per heavy atom. The standard InChI is InChI=1S/C15H13BrO/c16-14-6-2-5-13(11-14)4-1-3-12-7-9-15(17)10-8-12/h1-2,4-11,17H,3H2. The van der Waals surface area contributed by atoms with E-state index in [0.29, 0.717) is 5.75 Å². The quantitative estimate of drug-likeness (QED) is 0.887. The van der Waals surface area contributed by atoms with Gasteiger partial charge in [-0.3, -0.25) is 0 Å². The monoisotopic (exact) mass is 288 g/mol. The van der Waals surface area contributed by atoms with Crippen LogP contribution in [-0.2, 0) is 6.42 Å². The molecule has 17 heavy (non-hydrogen) atoms. The van der Waals surface area contributed by atoms with E-state index in [4.69, 9.17) is 5.11 Å². The lowest BCUT2D eigenvalue weighted by Crippen LogP contribution is -1.79. The van der Waals surface area contributed by atoms with E-state index in [-0.39, 0.29) is 0 Å². The van der Waals surface area contributed by atoms with Gasteiger partial charge in [0.1, 0.15) is 5.75 Å². The zero-order chi connectivity index (χ0) is 12.1. The Hall–Kier alpha value is -1.54. The molecular formula is C15H13BrO. The summed E-state index contributed by atoms with van der Waals surface area (Å²) < 4.78 is 1.09. The molecule has 0 bridgehead atoms. The van der Waals surface area contributed by atoms with E-state index in [9.17, 15) is 0 Å². The minimum Gasteiger partial charge on any atom is -0.508 e. The second-order valence-electron chi connectivity index (χ2n) is 3.83. The first-order valence-electron chi connectivity index (χ1n) is 5.44. The molecule has 2 aromatic rings. The maximum absolute atomic E-state index is 9.17. The minimum atomic E-state index is 0.310. The first-order valence-corrected chi connectivity index (χ1v) is 6.23. The maximum Gasteiger partial charge on any atom is 0.115 e. The Kier molecular flexibility index (Phi) is 3.99. The van der Waals surface area contributed by atoms with Crippen molar-refractivity contribution in [2.24, 2.45) is 0 Å². The van der Waals surface area contributed by atoms with Crippen LogP contribution in [0.5, 0.6) is 5.75 Å². The third-order valence-electron chi connectivity index (χ3n) is 2.45. The van der Waals surface area contributed by atoms with Gasteiger partial charge in [0.25, 0.3) is 0 Å². The summed E-state index contributed by atoms with van der Waals surface area (Å²) >= 11 is 3.45. The van der Waals surface area contributed by atoms with Crippen LogP contribution in [0.2, 0.25) is 0 Å². The first kappa shape index (κ1) is 11.9. The van der Waals surface area contributed by atoms with Gasteiger partial charge in [0.15, 0.2) is 0 Å². The van der Waals surface area contributed by atoms with Crippen molar-refractivity contribution in [2.75, 3.05) is 0 Å². The fraction of sp³-hybridized carbons (Fsp3) is 0.0667. The third-order valence-corrected chi connectivity index (χ3v) is 2.94. The van der Waals surface area contributed by atoms with Crippen LogP contribution in [0, 0.1) is 0 Å². The molecule has 1 N–H and O–H groups in total. The molecule has 0 aliphatic rings. The van der Waals surface area contributed by atoms with E-state index in [1.165, 1.54) is 11.1 Å². The number of halogens is 1. The van der Waals surface area contributed by atoms with Crippen molar-refractivity contribution in [3.8, 4) is 5.75 Å². The number of phenols is 1. The summed E-state index contributed by atoms with van der Waals surface area (Å²) in [6, 6.07) is 15.5. The number of aromatic hydroxyl groups is 1. The average molecular weight is 289 g/mol. The molecule has 0 saturated carbocycles. The predicted molar refractivity (Wildman–Crippen MR) is 75.0 cm³/mol. The number of rotatable bonds is 3. The lowest BCUT2D eigenvalue weighted by Gasteiger charge is -1.97. The summed E-state index contributed by atoms with van der Waals surface area (Å²) in [6.07, 6.45) is 5.08. The zero-order valence-corrected chi connectivity index (χ0v) is 10.9. The van der Waals surface area contributed by atoms with E-state index in [1.807, 2.05) is 24.3 Å². The summed E-state index contributed by atoms with van der Waals surface area (Å²) in [4.78, 5) is 0. The Bertz CT molecular complexity index is 515. The zero-order valence-electron chi connectivity index (χ0n) is 9.31. The minimum absolute atomic E-state index is 0.310. The van der Waals surface area contributed by atoms with Gasteiger partial charge in [-0.15, -0.1) is 0 Å². The fourth-order valence-electron chi connectivity index (χ4n) is 1.57. The summed E-state index contributed by atoms with van der Waals surface area (Å²) in [5, 5.41) is 9.17. The van der Waals surface area contributed by atoms with Crippen molar-refractivity contribution >= 4 is 22.0 Å². The summed E-state index contributed by atoms with van der Waals surface area (Å²) in [6.45, 7) is 0. The van der Waals surface area contributed by atoms with Crippen molar-refractivity contribution in [1.29, 1.82) is 0 Å². The second kappa shape index (κ2) is 5.69. The van der Waals surface area contributed by atoms with Gasteiger partial charge in [0, 0.05) is 4.47 Å². The van der Waals surface area contributed by atoms with Gasteiger partial charge < -0.3 is 5.11 Å². The maximum atomic E-state index is 9.17. The van der Waals surface area contributed by atoms with Gasteiger partial charge in [0.05, 0.1) is 0 Å². The second-order valence-corrected chi connectivity index (χ2v) is 4.74. The molecule has 0 aliphatic heterocycles. The van der Waals surface area contributed by atoms with Crippen LogP contribution in [0.15, 0.2) is 59.1 Å². The van der Waals surface area contributed by atoms with Gasteiger partial charge in [-0.1, -0.05) is 52.3 Å². The number of phenolic OH excluding ortho intramolecular Hbond substituents is 1. The third kappa shape index (κ3) is 3.75. The van der Waals surface area contributed by atoms with E-state index >= 15 is 0 Å². The highest BCUT2D eigenvalue weighted by atomic mass is 79.9. The molecule has 0 radical (unpaired) electrons. The molecule has 2 rings (SSSR count). The highest BCUT2D eigenvalue weighted by molar-refractivity contribution is 9.10. The first-order chi connectivity index (χ1) is 8.24. The van der Waals surface area contributed by atoms with E-state index < -0.39 is 0 Å².